The van der Waals surface area contributed by atoms with Crippen LogP contribution in [0.5, 0.6) is 0 Å². The SMILES string of the molecule is CCC(C)N(CCNC1CCOCC1)CCOC. The Bertz CT molecular complexity index is 196. The summed E-state index contributed by atoms with van der Waals surface area (Å²) in [6.45, 7) is 10.4. The Kier molecular flexibility index (Phi) is 8.59. The Balaban J connectivity index is 2.18. The van der Waals surface area contributed by atoms with Gasteiger partial charge in [0.25, 0.3) is 0 Å². The van der Waals surface area contributed by atoms with Gasteiger partial charge in [0.2, 0.25) is 0 Å². The van der Waals surface area contributed by atoms with Crippen LogP contribution in [-0.4, -0.2) is 63.5 Å². The third kappa shape index (κ3) is 6.14. The van der Waals surface area contributed by atoms with Gasteiger partial charge in [-0.25, -0.2) is 0 Å². The molecule has 0 radical (unpaired) electrons. The van der Waals surface area contributed by atoms with Crippen molar-refractivity contribution >= 4 is 0 Å². The summed E-state index contributed by atoms with van der Waals surface area (Å²) in [5.41, 5.74) is 0. The fourth-order valence-electron chi connectivity index (χ4n) is 2.33. The van der Waals surface area contributed by atoms with E-state index in [-0.39, 0.29) is 0 Å². The first-order valence-corrected chi connectivity index (χ1v) is 7.32. The Morgan fingerprint density at radius 3 is 2.67 bits per heavy atom. The zero-order chi connectivity index (χ0) is 13.2. The number of nitrogens with zero attached hydrogens (tertiary/aromatic N) is 1. The monoisotopic (exact) mass is 258 g/mol. The highest BCUT2D eigenvalue weighted by Crippen LogP contribution is 2.06. The highest BCUT2D eigenvalue weighted by atomic mass is 16.5. The zero-order valence-electron chi connectivity index (χ0n) is 12.3. The predicted octanol–water partition coefficient (Wildman–Crippen LogP) is 1.50. The molecule has 0 aliphatic carbocycles. The van der Waals surface area contributed by atoms with Crippen molar-refractivity contribution < 1.29 is 9.47 Å². The molecule has 1 rings (SSSR count). The summed E-state index contributed by atoms with van der Waals surface area (Å²) in [5.74, 6) is 0. The first-order chi connectivity index (χ1) is 8.77. The number of methoxy groups -OCH3 is 1. The average Bonchev–Trinajstić information content (AvgIpc) is 2.43. The van der Waals surface area contributed by atoms with Crippen molar-refractivity contribution in [1.29, 1.82) is 0 Å². The van der Waals surface area contributed by atoms with Crippen LogP contribution in [0, 0.1) is 0 Å². The van der Waals surface area contributed by atoms with Gasteiger partial charge in [0, 0.05) is 52.0 Å². The second kappa shape index (κ2) is 9.73. The predicted molar refractivity (Wildman–Crippen MR) is 75.0 cm³/mol. The lowest BCUT2D eigenvalue weighted by molar-refractivity contribution is 0.0754. The largest absolute Gasteiger partial charge is 0.383 e. The summed E-state index contributed by atoms with van der Waals surface area (Å²) in [4.78, 5) is 2.51. The molecule has 0 aromatic heterocycles. The second-order valence-corrected chi connectivity index (χ2v) is 5.13. The molecule has 0 amide bonds. The normalized spacial score (nSPS) is 19.3. The molecule has 0 saturated carbocycles. The van der Waals surface area contributed by atoms with E-state index in [0.717, 1.165) is 52.3 Å². The highest BCUT2D eigenvalue weighted by Gasteiger charge is 2.15. The molecule has 0 aromatic rings. The van der Waals surface area contributed by atoms with Crippen LogP contribution in [0.2, 0.25) is 0 Å². The molecule has 1 unspecified atom stereocenters. The molecule has 1 fully saturated rings. The van der Waals surface area contributed by atoms with E-state index in [1.165, 1.54) is 6.42 Å². The molecule has 1 saturated heterocycles. The van der Waals surface area contributed by atoms with E-state index >= 15 is 0 Å². The Morgan fingerprint density at radius 1 is 1.33 bits per heavy atom. The second-order valence-electron chi connectivity index (χ2n) is 5.13. The van der Waals surface area contributed by atoms with Crippen LogP contribution in [0.1, 0.15) is 33.1 Å². The molecule has 4 nitrogen and oxygen atoms in total. The van der Waals surface area contributed by atoms with Crippen molar-refractivity contribution in [2.75, 3.05) is 46.6 Å². The van der Waals surface area contributed by atoms with E-state index in [0.29, 0.717) is 12.1 Å². The Hall–Kier alpha value is -0.160. The van der Waals surface area contributed by atoms with Gasteiger partial charge in [0.1, 0.15) is 0 Å². The van der Waals surface area contributed by atoms with Crippen molar-refractivity contribution in [1.82, 2.24) is 10.2 Å². The van der Waals surface area contributed by atoms with Gasteiger partial charge in [0.15, 0.2) is 0 Å². The maximum atomic E-state index is 5.37. The van der Waals surface area contributed by atoms with Gasteiger partial charge < -0.3 is 14.8 Å². The van der Waals surface area contributed by atoms with Crippen LogP contribution in [0.25, 0.3) is 0 Å². The molecule has 1 heterocycles. The fraction of sp³-hybridized carbons (Fsp3) is 1.00. The Morgan fingerprint density at radius 2 is 2.06 bits per heavy atom. The van der Waals surface area contributed by atoms with Gasteiger partial charge in [-0.2, -0.15) is 0 Å². The lowest BCUT2D eigenvalue weighted by Gasteiger charge is -2.30. The highest BCUT2D eigenvalue weighted by molar-refractivity contribution is 4.72. The van der Waals surface area contributed by atoms with Crippen molar-refractivity contribution in [3.8, 4) is 0 Å². The average molecular weight is 258 g/mol. The maximum Gasteiger partial charge on any atom is 0.0589 e. The van der Waals surface area contributed by atoms with Crippen LogP contribution in [-0.2, 0) is 9.47 Å². The summed E-state index contributed by atoms with van der Waals surface area (Å²) in [6, 6.07) is 1.29. The van der Waals surface area contributed by atoms with Crippen molar-refractivity contribution in [2.24, 2.45) is 0 Å². The van der Waals surface area contributed by atoms with E-state index < -0.39 is 0 Å². The first-order valence-electron chi connectivity index (χ1n) is 7.32. The van der Waals surface area contributed by atoms with E-state index in [9.17, 15) is 0 Å². The molecule has 108 valence electrons. The smallest absolute Gasteiger partial charge is 0.0589 e. The van der Waals surface area contributed by atoms with Crippen molar-refractivity contribution in [3.05, 3.63) is 0 Å². The van der Waals surface area contributed by atoms with Crippen LogP contribution in [0.15, 0.2) is 0 Å². The third-order valence-electron chi connectivity index (χ3n) is 3.85. The number of nitrogens with one attached hydrogen (secondary N) is 1. The number of hydrogen-bond acceptors (Lipinski definition) is 4. The number of hydrogen-bond donors (Lipinski definition) is 1. The van der Waals surface area contributed by atoms with Gasteiger partial charge >= 0.3 is 0 Å². The van der Waals surface area contributed by atoms with Gasteiger partial charge in [0.05, 0.1) is 6.61 Å². The molecule has 1 atom stereocenters. The van der Waals surface area contributed by atoms with Crippen LogP contribution in [0.3, 0.4) is 0 Å². The molecule has 0 bridgehead atoms. The topological polar surface area (TPSA) is 33.7 Å². The lowest BCUT2D eigenvalue weighted by atomic mass is 10.1. The van der Waals surface area contributed by atoms with Gasteiger partial charge in [-0.05, 0) is 26.2 Å². The van der Waals surface area contributed by atoms with Crippen LogP contribution < -0.4 is 5.32 Å². The summed E-state index contributed by atoms with van der Waals surface area (Å²) in [7, 11) is 1.77. The molecule has 0 aromatic carbocycles. The molecular weight excluding hydrogens is 228 g/mol. The van der Waals surface area contributed by atoms with E-state index in [4.69, 9.17) is 9.47 Å². The van der Waals surface area contributed by atoms with E-state index in [2.05, 4.69) is 24.1 Å². The van der Waals surface area contributed by atoms with Crippen molar-refractivity contribution in [3.63, 3.8) is 0 Å². The van der Waals surface area contributed by atoms with Gasteiger partial charge in [-0.15, -0.1) is 0 Å². The Labute approximate surface area is 112 Å². The molecule has 1 aliphatic rings. The number of ether oxygens (including phenoxy) is 2. The molecule has 18 heavy (non-hydrogen) atoms. The molecular formula is C14H30N2O2. The lowest BCUT2D eigenvalue weighted by Crippen LogP contribution is -2.43. The first kappa shape index (κ1) is 15.9. The van der Waals surface area contributed by atoms with Crippen molar-refractivity contribution in [2.45, 2.75) is 45.2 Å². The maximum absolute atomic E-state index is 5.37. The molecule has 1 N–H and O–H groups in total. The van der Waals surface area contributed by atoms with Gasteiger partial charge in [-0.1, -0.05) is 6.92 Å². The van der Waals surface area contributed by atoms with Crippen LogP contribution in [0.4, 0.5) is 0 Å². The minimum atomic E-state index is 0.636. The fourth-order valence-corrected chi connectivity index (χ4v) is 2.33. The third-order valence-corrected chi connectivity index (χ3v) is 3.85. The zero-order valence-corrected chi connectivity index (χ0v) is 12.3. The minimum absolute atomic E-state index is 0.636. The molecule has 1 aliphatic heterocycles. The van der Waals surface area contributed by atoms with Crippen LogP contribution >= 0.6 is 0 Å². The van der Waals surface area contributed by atoms with E-state index in [1.54, 1.807) is 7.11 Å². The van der Waals surface area contributed by atoms with E-state index in [1.807, 2.05) is 0 Å². The summed E-state index contributed by atoms with van der Waals surface area (Å²) >= 11 is 0. The molecule has 0 spiro atoms. The quantitative estimate of drug-likeness (QED) is 0.679. The summed E-state index contributed by atoms with van der Waals surface area (Å²) in [5, 5.41) is 3.64. The molecule has 4 heteroatoms. The number of rotatable bonds is 9. The summed E-state index contributed by atoms with van der Waals surface area (Å²) < 4.78 is 10.6. The minimum Gasteiger partial charge on any atom is -0.383 e. The standard InChI is InChI=1S/C14H30N2O2/c1-4-13(2)16(9-12-17-3)8-7-15-14-5-10-18-11-6-14/h13-15H,4-12H2,1-3H3. The summed E-state index contributed by atoms with van der Waals surface area (Å²) in [6.07, 6.45) is 3.50. The van der Waals surface area contributed by atoms with Gasteiger partial charge in [-0.3, -0.25) is 4.90 Å².